The van der Waals surface area contributed by atoms with Crippen molar-refractivity contribution in [2.45, 2.75) is 66.1 Å². The van der Waals surface area contributed by atoms with E-state index < -0.39 is 0 Å². The molecule has 170 valence electrons. The third-order valence-corrected chi connectivity index (χ3v) is 5.11. The van der Waals surface area contributed by atoms with Crippen LogP contribution >= 0.6 is 12.6 Å². The van der Waals surface area contributed by atoms with Gasteiger partial charge in [-0.2, -0.15) is 28.1 Å². The number of nitrogens with zero attached hydrogens (tertiary/aromatic N) is 3. The summed E-state index contributed by atoms with van der Waals surface area (Å²) in [6.07, 6.45) is 6.48. The van der Waals surface area contributed by atoms with Crippen LogP contribution in [-0.2, 0) is 5.75 Å². The fraction of sp³-hybridized carbons (Fsp3) is 0.370. The predicted octanol–water partition coefficient (Wildman–Crippen LogP) is 7.89. The van der Waals surface area contributed by atoms with Gasteiger partial charge < -0.3 is 4.98 Å². The first kappa shape index (κ1) is 27.2. The van der Waals surface area contributed by atoms with Gasteiger partial charge in [-0.15, -0.1) is 0 Å². The summed E-state index contributed by atoms with van der Waals surface area (Å²) in [5, 5.41) is 18.0. The average Bonchev–Trinajstić information content (AvgIpc) is 3.29. The molecule has 0 aliphatic heterocycles. The Labute approximate surface area is 198 Å². The number of hydrogen-bond acceptors (Lipinski definition) is 4. The minimum absolute atomic E-state index is 0.690. The van der Waals surface area contributed by atoms with Crippen molar-refractivity contribution in [3.8, 4) is 6.07 Å². The van der Waals surface area contributed by atoms with Crippen LogP contribution in [0.4, 0.5) is 0 Å². The molecular weight excluding hydrogens is 412 g/mol. The molecular formula is C27H36N4S. The minimum atomic E-state index is 0.690. The molecule has 5 heteroatoms. The van der Waals surface area contributed by atoms with Gasteiger partial charge in [-0.1, -0.05) is 44.5 Å². The topological polar surface area (TPSA) is 64.3 Å². The van der Waals surface area contributed by atoms with E-state index in [0.717, 1.165) is 29.8 Å². The number of hydrogen-bond donors (Lipinski definition) is 2. The molecule has 0 radical (unpaired) electrons. The number of nitriles is 1. The van der Waals surface area contributed by atoms with Crippen LogP contribution < -0.4 is 0 Å². The lowest BCUT2D eigenvalue weighted by Crippen LogP contribution is -1.91. The molecule has 1 aromatic heterocycles. The lowest BCUT2D eigenvalue weighted by atomic mass is 10.2. The maximum Gasteiger partial charge on any atom is 0.0991 e. The van der Waals surface area contributed by atoms with Crippen LogP contribution in [0.2, 0.25) is 0 Å². The maximum atomic E-state index is 8.48. The van der Waals surface area contributed by atoms with E-state index in [4.69, 9.17) is 5.26 Å². The van der Waals surface area contributed by atoms with Crippen molar-refractivity contribution in [3.05, 3.63) is 71.4 Å². The lowest BCUT2D eigenvalue weighted by molar-refractivity contribution is 0.830. The number of benzene rings is 2. The molecule has 1 heterocycles. The molecule has 1 N–H and O–H groups in total. The summed E-state index contributed by atoms with van der Waals surface area (Å²) in [7, 11) is 0. The van der Waals surface area contributed by atoms with Gasteiger partial charge in [0, 0.05) is 28.9 Å². The fourth-order valence-electron chi connectivity index (χ4n) is 2.62. The summed E-state index contributed by atoms with van der Waals surface area (Å²) >= 11 is 4.09. The Bertz CT molecular complexity index is 1040. The van der Waals surface area contributed by atoms with E-state index >= 15 is 0 Å². The average molecular weight is 449 g/mol. The Hall–Kier alpha value is -2.84. The number of thiol groups is 1. The fourth-order valence-corrected chi connectivity index (χ4v) is 2.82. The lowest BCUT2D eigenvalue weighted by Gasteiger charge is -1.95. The van der Waals surface area contributed by atoms with Crippen LogP contribution in [-0.4, -0.2) is 16.4 Å². The summed E-state index contributed by atoms with van der Waals surface area (Å²) in [6, 6.07) is 18.0. The monoisotopic (exact) mass is 448 g/mol. The van der Waals surface area contributed by atoms with Crippen molar-refractivity contribution < 1.29 is 0 Å². The highest BCUT2D eigenvalue weighted by molar-refractivity contribution is 7.79. The van der Waals surface area contributed by atoms with E-state index in [2.05, 4.69) is 78.9 Å². The quantitative estimate of drug-likeness (QED) is 0.225. The SMILES string of the molecule is CCCC/C(C)=N\N=C(/C)CC.Cc1ccc2cc[nH]c2c1.N#Cc1cccc(CS)c1. The molecule has 0 bridgehead atoms. The van der Waals surface area contributed by atoms with Gasteiger partial charge in [0.15, 0.2) is 0 Å². The van der Waals surface area contributed by atoms with Gasteiger partial charge in [-0.05, 0) is 80.8 Å². The first-order valence-electron chi connectivity index (χ1n) is 11.1. The van der Waals surface area contributed by atoms with E-state index in [-0.39, 0.29) is 0 Å². The van der Waals surface area contributed by atoms with Crippen molar-refractivity contribution in [2.24, 2.45) is 10.2 Å². The molecule has 0 spiro atoms. The highest BCUT2D eigenvalue weighted by Crippen LogP contribution is 2.12. The van der Waals surface area contributed by atoms with Gasteiger partial charge in [-0.25, -0.2) is 0 Å². The molecule has 0 unspecified atom stereocenters. The first-order chi connectivity index (χ1) is 15.4. The highest BCUT2D eigenvalue weighted by Gasteiger charge is 1.92. The van der Waals surface area contributed by atoms with Crippen LogP contribution in [0.3, 0.4) is 0 Å². The van der Waals surface area contributed by atoms with Crippen molar-refractivity contribution >= 4 is 35.0 Å². The number of nitrogens with one attached hydrogen (secondary N) is 1. The van der Waals surface area contributed by atoms with E-state index in [1.165, 1.54) is 29.3 Å². The van der Waals surface area contributed by atoms with Crippen LogP contribution in [0.5, 0.6) is 0 Å². The van der Waals surface area contributed by atoms with Gasteiger partial charge >= 0.3 is 0 Å². The minimum Gasteiger partial charge on any atom is -0.361 e. The Morgan fingerprint density at radius 1 is 1.03 bits per heavy atom. The Morgan fingerprint density at radius 3 is 2.44 bits per heavy atom. The summed E-state index contributed by atoms with van der Waals surface area (Å²) in [6.45, 7) is 10.4. The van der Waals surface area contributed by atoms with E-state index in [1.807, 2.05) is 38.2 Å². The molecule has 0 aliphatic rings. The smallest absolute Gasteiger partial charge is 0.0991 e. The number of rotatable bonds is 6. The normalized spacial score (nSPS) is 11.2. The van der Waals surface area contributed by atoms with Crippen molar-refractivity contribution in [2.75, 3.05) is 0 Å². The van der Waals surface area contributed by atoms with Gasteiger partial charge in [0.2, 0.25) is 0 Å². The van der Waals surface area contributed by atoms with Crippen molar-refractivity contribution in [1.29, 1.82) is 5.26 Å². The van der Waals surface area contributed by atoms with Crippen molar-refractivity contribution in [3.63, 3.8) is 0 Å². The molecule has 0 atom stereocenters. The molecule has 0 aliphatic carbocycles. The Balaban J connectivity index is 0.000000241. The molecule has 2 aromatic carbocycles. The standard InChI is InChI=1S/C10H20N2.C9H9N.C8H7NS/c1-5-7-8-10(4)12-11-9(3)6-2;1-7-2-3-8-4-5-10-9(8)6-7;9-5-7-2-1-3-8(4-7)6-10/h5-8H2,1-4H3;2-6,10H,1H3;1-4,10H,6H2/b11-9+,12-10-;;. The second-order valence-corrected chi connectivity index (χ2v) is 7.98. The second-order valence-electron chi connectivity index (χ2n) is 7.67. The Morgan fingerprint density at radius 2 is 1.78 bits per heavy atom. The van der Waals surface area contributed by atoms with Crippen LogP contribution in [0.1, 0.15) is 70.1 Å². The van der Waals surface area contributed by atoms with Gasteiger partial charge in [-0.3, -0.25) is 0 Å². The van der Waals surface area contributed by atoms with Gasteiger partial charge in [0.25, 0.3) is 0 Å². The van der Waals surface area contributed by atoms with Crippen LogP contribution in [0.25, 0.3) is 10.9 Å². The molecule has 0 amide bonds. The number of aromatic nitrogens is 1. The van der Waals surface area contributed by atoms with Crippen molar-refractivity contribution in [1.82, 2.24) is 4.98 Å². The number of H-pyrrole nitrogens is 1. The first-order valence-corrected chi connectivity index (χ1v) is 11.8. The van der Waals surface area contributed by atoms with E-state index in [1.54, 1.807) is 6.07 Å². The predicted molar refractivity (Wildman–Crippen MR) is 143 cm³/mol. The molecule has 32 heavy (non-hydrogen) atoms. The number of aromatic amines is 1. The molecule has 4 nitrogen and oxygen atoms in total. The summed E-state index contributed by atoms with van der Waals surface area (Å²) in [4.78, 5) is 3.16. The summed E-state index contributed by atoms with van der Waals surface area (Å²) < 4.78 is 0. The number of fused-ring (bicyclic) bond motifs is 1. The number of aryl methyl sites for hydroxylation is 1. The largest absolute Gasteiger partial charge is 0.361 e. The number of unbranched alkanes of at least 4 members (excludes halogenated alkanes) is 1. The third kappa shape index (κ3) is 11.0. The molecule has 3 aromatic rings. The molecule has 0 saturated carbocycles. The molecule has 3 rings (SSSR count). The third-order valence-electron chi connectivity index (χ3n) is 4.74. The second kappa shape index (κ2) is 15.9. The van der Waals surface area contributed by atoms with Crippen LogP contribution in [0, 0.1) is 18.3 Å². The molecule has 0 saturated heterocycles. The Kier molecular flexibility index (Phi) is 13.5. The maximum absolute atomic E-state index is 8.48. The van der Waals surface area contributed by atoms with E-state index in [9.17, 15) is 0 Å². The zero-order valence-corrected chi connectivity index (χ0v) is 20.9. The van der Waals surface area contributed by atoms with Crippen LogP contribution in [0.15, 0.2) is 64.9 Å². The zero-order valence-electron chi connectivity index (χ0n) is 20.0. The summed E-state index contributed by atoms with van der Waals surface area (Å²) in [5.41, 5.74) is 6.55. The molecule has 0 fully saturated rings. The van der Waals surface area contributed by atoms with E-state index in [0.29, 0.717) is 11.3 Å². The summed E-state index contributed by atoms with van der Waals surface area (Å²) in [5.74, 6) is 0.690. The van der Waals surface area contributed by atoms with Gasteiger partial charge in [0.05, 0.1) is 11.6 Å². The van der Waals surface area contributed by atoms with Gasteiger partial charge in [0.1, 0.15) is 0 Å². The highest BCUT2D eigenvalue weighted by atomic mass is 32.1. The zero-order chi connectivity index (χ0) is 23.8.